The molecule has 0 heterocycles. The zero-order valence-corrected chi connectivity index (χ0v) is 11.7. The number of nitrogens with zero attached hydrogens (tertiary/aromatic N) is 2. The molecule has 0 aromatic rings. The predicted octanol–water partition coefficient (Wildman–Crippen LogP) is 1.59. The van der Waals surface area contributed by atoms with E-state index in [1.54, 1.807) is 0 Å². The van der Waals surface area contributed by atoms with E-state index in [2.05, 4.69) is 44.1 Å². The second-order valence-electron chi connectivity index (χ2n) is 3.56. The Balaban J connectivity index is 4.24. The third-order valence-corrected chi connectivity index (χ3v) is 15.1. The Morgan fingerprint density at radius 3 is 1.45 bits per heavy atom. The van der Waals surface area contributed by atoms with Gasteiger partial charge in [0.2, 0.25) is 0 Å². The summed E-state index contributed by atoms with van der Waals surface area (Å²) in [6, 6.07) is 0. The van der Waals surface area contributed by atoms with Crippen LogP contribution >= 0.6 is 0 Å². The first-order valence-corrected chi connectivity index (χ1v) is 12.6. The van der Waals surface area contributed by atoms with Crippen LogP contribution in [0, 0.1) is 0 Å². The van der Waals surface area contributed by atoms with E-state index in [1.807, 2.05) is 0 Å². The van der Waals surface area contributed by atoms with Crippen LogP contribution in [-0.4, -0.2) is 52.4 Å². The minimum atomic E-state index is -1.97. The van der Waals surface area contributed by atoms with Gasteiger partial charge in [-0.15, -0.1) is 0 Å². The third kappa shape index (κ3) is 2.92. The predicted molar refractivity (Wildman–Crippen MR) is 54.1 cm³/mol. The van der Waals surface area contributed by atoms with E-state index in [1.165, 1.54) is 13.1 Å². The Hall–Kier alpha value is 0.719. The molecule has 0 saturated carbocycles. The van der Waals surface area contributed by atoms with E-state index in [0.717, 1.165) is 0 Å². The number of hydrogen-bond acceptors (Lipinski definition) is 2. The van der Waals surface area contributed by atoms with Crippen molar-refractivity contribution in [2.75, 3.05) is 27.2 Å². The molecule has 3 heteroatoms. The topological polar surface area (TPSA) is 6.48 Å². The summed E-state index contributed by atoms with van der Waals surface area (Å²) in [6.07, 6.45) is 0. The maximum absolute atomic E-state index is 2.65. The van der Waals surface area contributed by atoms with Gasteiger partial charge >= 0.3 is 76.1 Å². The summed E-state index contributed by atoms with van der Waals surface area (Å²) >= 11 is -1.97. The SMILES string of the molecule is CC[N](CC)[Sn]([CH3])([CH3])[N](C)C. The summed E-state index contributed by atoms with van der Waals surface area (Å²) in [4.78, 5) is 4.92. The molecule has 0 aromatic carbocycles. The van der Waals surface area contributed by atoms with E-state index >= 15 is 0 Å². The summed E-state index contributed by atoms with van der Waals surface area (Å²) < 4.78 is 5.11. The molecule has 0 amide bonds. The molecule has 0 spiro atoms. The zero-order valence-electron chi connectivity index (χ0n) is 8.81. The van der Waals surface area contributed by atoms with Gasteiger partial charge in [-0.3, -0.25) is 0 Å². The Morgan fingerprint density at radius 1 is 1.00 bits per heavy atom. The molecule has 0 unspecified atom stereocenters. The molecule has 0 atom stereocenters. The van der Waals surface area contributed by atoms with Gasteiger partial charge in [0.05, 0.1) is 0 Å². The molecule has 0 rings (SSSR count). The van der Waals surface area contributed by atoms with Gasteiger partial charge in [0.1, 0.15) is 0 Å². The molecule has 0 fully saturated rings. The van der Waals surface area contributed by atoms with Crippen molar-refractivity contribution < 1.29 is 0 Å². The van der Waals surface area contributed by atoms with Gasteiger partial charge < -0.3 is 0 Å². The van der Waals surface area contributed by atoms with Crippen LogP contribution in [0.3, 0.4) is 0 Å². The van der Waals surface area contributed by atoms with Crippen LogP contribution in [0.1, 0.15) is 13.8 Å². The number of rotatable bonds is 4. The van der Waals surface area contributed by atoms with Crippen LogP contribution in [0.4, 0.5) is 0 Å². The van der Waals surface area contributed by atoms with Crippen molar-refractivity contribution in [2.45, 2.75) is 23.7 Å². The molecular weight excluding hydrogens is 243 g/mol. The van der Waals surface area contributed by atoms with Gasteiger partial charge in [0.15, 0.2) is 0 Å². The normalized spacial score (nSPS) is 13.1. The molecular formula is C8H22N2Sn. The third-order valence-electron chi connectivity index (χ3n) is 2.63. The van der Waals surface area contributed by atoms with Gasteiger partial charge in [-0.05, 0) is 0 Å². The summed E-state index contributed by atoms with van der Waals surface area (Å²) in [5.74, 6) is 0. The second kappa shape index (κ2) is 4.67. The molecule has 11 heavy (non-hydrogen) atoms. The van der Waals surface area contributed by atoms with E-state index in [-0.39, 0.29) is 0 Å². The van der Waals surface area contributed by atoms with Crippen molar-refractivity contribution in [1.82, 2.24) is 6.24 Å². The van der Waals surface area contributed by atoms with Gasteiger partial charge in [0, 0.05) is 0 Å². The summed E-state index contributed by atoms with van der Waals surface area (Å²) in [7, 11) is 4.43. The molecule has 0 aliphatic heterocycles. The second-order valence-corrected chi connectivity index (χ2v) is 16.4. The van der Waals surface area contributed by atoms with Crippen LogP contribution in [0.2, 0.25) is 9.88 Å². The van der Waals surface area contributed by atoms with E-state index in [4.69, 9.17) is 0 Å². The van der Waals surface area contributed by atoms with Crippen LogP contribution < -0.4 is 0 Å². The molecule has 0 bridgehead atoms. The Morgan fingerprint density at radius 2 is 1.36 bits per heavy atom. The van der Waals surface area contributed by atoms with Gasteiger partial charge in [-0.25, -0.2) is 0 Å². The van der Waals surface area contributed by atoms with Crippen molar-refractivity contribution in [3.05, 3.63) is 0 Å². The van der Waals surface area contributed by atoms with Crippen LogP contribution in [0.5, 0.6) is 0 Å². The molecule has 68 valence electrons. The minimum absolute atomic E-state index is 1.21. The monoisotopic (exact) mass is 266 g/mol. The Labute approximate surface area is 76.1 Å². The van der Waals surface area contributed by atoms with Crippen molar-refractivity contribution in [3.63, 3.8) is 0 Å². The zero-order chi connectivity index (χ0) is 9.07. The first-order valence-electron chi connectivity index (χ1n) is 4.39. The van der Waals surface area contributed by atoms with Crippen LogP contribution in [0.15, 0.2) is 0 Å². The molecule has 0 radical (unpaired) electrons. The van der Waals surface area contributed by atoms with E-state index in [9.17, 15) is 0 Å². The van der Waals surface area contributed by atoms with Crippen molar-refractivity contribution >= 4 is 18.9 Å². The van der Waals surface area contributed by atoms with E-state index < -0.39 is 18.9 Å². The van der Waals surface area contributed by atoms with Crippen LogP contribution in [-0.2, 0) is 0 Å². The van der Waals surface area contributed by atoms with Crippen LogP contribution in [0.25, 0.3) is 0 Å². The first-order chi connectivity index (χ1) is 4.96. The molecule has 0 aliphatic carbocycles. The quantitative estimate of drug-likeness (QED) is 0.712. The summed E-state index contributed by atoms with van der Waals surface area (Å²) in [6.45, 7) is 6.92. The summed E-state index contributed by atoms with van der Waals surface area (Å²) in [5, 5.41) is 0. The molecule has 0 N–H and O–H groups in total. The van der Waals surface area contributed by atoms with Crippen molar-refractivity contribution in [3.8, 4) is 0 Å². The Kier molecular flexibility index (Phi) is 4.98. The molecule has 0 aromatic heterocycles. The van der Waals surface area contributed by atoms with Gasteiger partial charge in [0.25, 0.3) is 0 Å². The fourth-order valence-corrected chi connectivity index (χ4v) is 7.31. The fourth-order valence-electron chi connectivity index (χ4n) is 1.28. The van der Waals surface area contributed by atoms with Gasteiger partial charge in [-0.1, -0.05) is 0 Å². The average molecular weight is 265 g/mol. The van der Waals surface area contributed by atoms with Gasteiger partial charge in [-0.2, -0.15) is 0 Å². The van der Waals surface area contributed by atoms with Crippen molar-refractivity contribution in [2.24, 2.45) is 0 Å². The van der Waals surface area contributed by atoms with E-state index in [0.29, 0.717) is 0 Å². The standard InChI is InChI=1S/C4H10N.C2H6N.2CH3.Sn/c1-3-5-4-2;1-3-2;;;/h3-4H2,1-2H3;1-2H3;2*1H3;/q2*-1;;;+2. The Bertz CT molecular complexity index is 109. The van der Waals surface area contributed by atoms with Crippen molar-refractivity contribution in [1.29, 1.82) is 0 Å². The molecule has 0 saturated heterocycles. The maximum atomic E-state index is 2.65. The molecule has 2 nitrogen and oxygen atoms in total. The summed E-state index contributed by atoms with van der Waals surface area (Å²) in [5.41, 5.74) is 0. The number of hydrogen-bond donors (Lipinski definition) is 0. The molecule has 0 aliphatic rings. The fraction of sp³-hybridized carbons (Fsp3) is 1.00. The average Bonchev–Trinajstić information content (AvgIpc) is 1.89. The first kappa shape index (κ1) is 11.7.